The zero-order valence-corrected chi connectivity index (χ0v) is 12.3. The van der Waals surface area contributed by atoms with E-state index >= 15 is 0 Å². The molecule has 0 aliphatic rings. The third-order valence-corrected chi connectivity index (χ3v) is 2.75. The Morgan fingerprint density at radius 3 is 2.47 bits per heavy atom. The lowest BCUT2D eigenvalue weighted by atomic mass is 10.2. The fourth-order valence-electron chi connectivity index (χ4n) is 1.65. The average molecular weight is 264 g/mol. The molecule has 0 radical (unpaired) electrons. The molecule has 5 heteroatoms. The molecule has 0 unspecified atom stereocenters. The number of carbonyl (C=O) groups excluding carboxylic acids is 1. The van der Waals surface area contributed by atoms with Crippen LogP contribution in [0.1, 0.15) is 23.2 Å². The summed E-state index contributed by atoms with van der Waals surface area (Å²) in [5.74, 6) is 0.796. The van der Waals surface area contributed by atoms with Gasteiger partial charge in [-0.05, 0) is 45.6 Å². The maximum absolute atomic E-state index is 11.7. The van der Waals surface area contributed by atoms with Crippen molar-refractivity contribution in [2.45, 2.75) is 12.8 Å². The van der Waals surface area contributed by atoms with Crippen molar-refractivity contribution in [2.24, 2.45) is 0 Å². The minimum Gasteiger partial charge on any atom is -0.370 e. The lowest BCUT2D eigenvalue weighted by molar-refractivity contribution is 0.0827. The van der Waals surface area contributed by atoms with Crippen molar-refractivity contribution in [3.63, 3.8) is 0 Å². The first kappa shape index (κ1) is 15.4. The number of hydrogen-bond donors (Lipinski definition) is 1. The number of unbranched alkanes of at least 4 members (excludes halogenated alkanes) is 1. The molecule has 0 spiro atoms. The van der Waals surface area contributed by atoms with Crippen LogP contribution in [0.4, 0.5) is 5.82 Å². The van der Waals surface area contributed by atoms with E-state index in [1.807, 2.05) is 6.07 Å². The first-order valence-corrected chi connectivity index (χ1v) is 6.57. The van der Waals surface area contributed by atoms with Crippen molar-refractivity contribution in [1.82, 2.24) is 14.8 Å². The molecule has 1 aromatic rings. The van der Waals surface area contributed by atoms with E-state index in [4.69, 9.17) is 0 Å². The van der Waals surface area contributed by atoms with Crippen LogP contribution in [0, 0.1) is 0 Å². The van der Waals surface area contributed by atoms with Crippen LogP contribution in [0.15, 0.2) is 18.3 Å². The average Bonchev–Trinajstić information content (AvgIpc) is 2.37. The highest BCUT2D eigenvalue weighted by Crippen LogP contribution is 2.07. The topological polar surface area (TPSA) is 48.5 Å². The van der Waals surface area contributed by atoms with Crippen LogP contribution in [0.3, 0.4) is 0 Å². The van der Waals surface area contributed by atoms with Gasteiger partial charge in [0.15, 0.2) is 0 Å². The lowest BCUT2D eigenvalue weighted by Gasteiger charge is -2.11. The standard InChI is InChI=1S/C14H24N4O/c1-17(2)10-6-5-9-15-13-8-7-12(11-16-13)14(19)18(3)4/h7-8,11H,5-6,9-10H2,1-4H3,(H,15,16). The molecule has 1 rings (SSSR count). The number of hydrogen-bond acceptors (Lipinski definition) is 4. The summed E-state index contributed by atoms with van der Waals surface area (Å²) in [5.41, 5.74) is 0.614. The SMILES string of the molecule is CN(C)CCCCNc1ccc(C(=O)N(C)C)cn1. The molecule has 0 aromatic carbocycles. The molecule has 0 fully saturated rings. The zero-order valence-electron chi connectivity index (χ0n) is 12.3. The smallest absolute Gasteiger partial charge is 0.254 e. The summed E-state index contributed by atoms with van der Waals surface area (Å²) in [6, 6.07) is 3.65. The summed E-state index contributed by atoms with van der Waals surface area (Å²) < 4.78 is 0. The number of amides is 1. The number of anilines is 1. The summed E-state index contributed by atoms with van der Waals surface area (Å²) in [6.07, 6.45) is 3.89. The van der Waals surface area contributed by atoms with Crippen molar-refractivity contribution in [1.29, 1.82) is 0 Å². The first-order chi connectivity index (χ1) is 9.00. The molecule has 1 N–H and O–H groups in total. The summed E-state index contributed by atoms with van der Waals surface area (Å²) in [6.45, 7) is 2.01. The molecule has 0 aliphatic heterocycles. The second-order valence-corrected chi connectivity index (χ2v) is 5.07. The molecule has 19 heavy (non-hydrogen) atoms. The van der Waals surface area contributed by atoms with E-state index in [1.54, 1.807) is 31.3 Å². The fraction of sp³-hybridized carbons (Fsp3) is 0.571. The normalized spacial score (nSPS) is 10.6. The maximum Gasteiger partial charge on any atom is 0.254 e. The quantitative estimate of drug-likeness (QED) is 0.759. The number of nitrogens with zero attached hydrogens (tertiary/aromatic N) is 3. The van der Waals surface area contributed by atoms with Crippen molar-refractivity contribution < 1.29 is 4.79 Å². The van der Waals surface area contributed by atoms with E-state index in [1.165, 1.54) is 0 Å². The van der Waals surface area contributed by atoms with Crippen molar-refractivity contribution >= 4 is 11.7 Å². The monoisotopic (exact) mass is 264 g/mol. The van der Waals surface area contributed by atoms with E-state index in [0.29, 0.717) is 5.56 Å². The highest BCUT2D eigenvalue weighted by Gasteiger charge is 2.07. The molecular formula is C14H24N4O. The van der Waals surface area contributed by atoms with E-state index in [-0.39, 0.29) is 5.91 Å². The van der Waals surface area contributed by atoms with Gasteiger partial charge >= 0.3 is 0 Å². The van der Waals surface area contributed by atoms with Crippen LogP contribution in [-0.4, -0.2) is 62.0 Å². The van der Waals surface area contributed by atoms with Gasteiger partial charge in [0.2, 0.25) is 0 Å². The fourth-order valence-corrected chi connectivity index (χ4v) is 1.65. The molecule has 5 nitrogen and oxygen atoms in total. The van der Waals surface area contributed by atoms with Crippen LogP contribution in [-0.2, 0) is 0 Å². The van der Waals surface area contributed by atoms with Gasteiger partial charge in [0.1, 0.15) is 5.82 Å². The van der Waals surface area contributed by atoms with Gasteiger partial charge in [-0.1, -0.05) is 0 Å². The Morgan fingerprint density at radius 1 is 1.21 bits per heavy atom. The Kier molecular flexibility index (Phi) is 6.29. The van der Waals surface area contributed by atoms with Gasteiger partial charge in [0, 0.05) is 26.8 Å². The van der Waals surface area contributed by atoms with Crippen molar-refractivity contribution in [3.8, 4) is 0 Å². The number of rotatable bonds is 7. The Balaban J connectivity index is 2.34. The van der Waals surface area contributed by atoms with E-state index in [2.05, 4.69) is 29.3 Å². The largest absolute Gasteiger partial charge is 0.370 e. The van der Waals surface area contributed by atoms with Gasteiger partial charge < -0.3 is 15.1 Å². The molecule has 0 aliphatic carbocycles. The van der Waals surface area contributed by atoms with Gasteiger partial charge in [-0.15, -0.1) is 0 Å². The highest BCUT2D eigenvalue weighted by molar-refractivity contribution is 5.93. The third-order valence-electron chi connectivity index (χ3n) is 2.75. The summed E-state index contributed by atoms with van der Waals surface area (Å²) in [7, 11) is 7.63. The second kappa shape index (κ2) is 7.74. The molecule has 1 heterocycles. The van der Waals surface area contributed by atoms with Crippen molar-refractivity contribution in [2.75, 3.05) is 46.6 Å². The van der Waals surface area contributed by atoms with Gasteiger partial charge in [0.05, 0.1) is 5.56 Å². The molecule has 106 valence electrons. The summed E-state index contributed by atoms with van der Waals surface area (Å²) in [5, 5.41) is 3.26. The second-order valence-electron chi connectivity index (χ2n) is 5.07. The molecule has 1 amide bonds. The molecular weight excluding hydrogens is 240 g/mol. The van der Waals surface area contributed by atoms with Crippen LogP contribution in [0.5, 0.6) is 0 Å². The first-order valence-electron chi connectivity index (χ1n) is 6.57. The van der Waals surface area contributed by atoms with Gasteiger partial charge in [-0.2, -0.15) is 0 Å². The highest BCUT2D eigenvalue weighted by atomic mass is 16.2. The van der Waals surface area contributed by atoms with Gasteiger partial charge in [-0.3, -0.25) is 4.79 Å². The van der Waals surface area contributed by atoms with Crippen molar-refractivity contribution in [3.05, 3.63) is 23.9 Å². The van der Waals surface area contributed by atoms with Gasteiger partial charge in [-0.25, -0.2) is 4.98 Å². The van der Waals surface area contributed by atoms with Crippen LogP contribution < -0.4 is 5.32 Å². The molecule has 0 bridgehead atoms. The number of carbonyl (C=O) groups is 1. The van der Waals surface area contributed by atoms with E-state index in [0.717, 1.165) is 31.7 Å². The molecule has 0 saturated heterocycles. The number of aromatic nitrogens is 1. The number of nitrogens with one attached hydrogen (secondary N) is 1. The van der Waals surface area contributed by atoms with Crippen LogP contribution in [0.25, 0.3) is 0 Å². The minimum atomic E-state index is -0.0231. The number of pyridine rings is 1. The molecule has 0 saturated carbocycles. The summed E-state index contributed by atoms with van der Waals surface area (Å²) >= 11 is 0. The predicted molar refractivity (Wildman–Crippen MR) is 78.5 cm³/mol. The Hall–Kier alpha value is -1.62. The minimum absolute atomic E-state index is 0.0231. The summed E-state index contributed by atoms with van der Waals surface area (Å²) in [4.78, 5) is 19.7. The van der Waals surface area contributed by atoms with Gasteiger partial charge in [0.25, 0.3) is 5.91 Å². The lowest BCUT2D eigenvalue weighted by Crippen LogP contribution is -2.21. The Morgan fingerprint density at radius 2 is 1.95 bits per heavy atom. The molecule has 0 atom stereocenters. The third kappa shape index (κ3) is 5.70. The predicted octanol–water partition coefficient (Wildman–Crippen LogP) is 1.54. The zero-order chi connectivity index (χ0) is 14.3. The van der Waals surface area contributed by atoms with E-state index < -0.39 is 0 Å². The van der Waals surface area contributed by atoms with Crippen LogP contribution >= 0.6 is 0 Å². The van der Waals surface area contributed by atoms with Crippen LogP contribution in [0.2, 0.25) is 0 Å². The maximum atomic E-state index is 11.7. The Bertz CT molecular complexity index is 387. The molecule has 1 aromatic heterocycles. The van der Waals surface area contributed by atoms with E-state index in [9.17, 15) is 4.79 Å². The Labute approximate surface area is 115 Å².